The van der Waals surface area contributed by atoms with Gasteiger partial charge in [0.25, 0.3) is 0 Å². The van der Waals surface area contributed by atoms with Gasteiger partial charge < -0.3 is 9.64 Å². The Morgan fingerprint density at radius 3 is 2.60 bits per heavy atom. The molecule has 1 aliphatic carbocycles. The predicted octanol–water partition coefficient (Wildman–Crippen LogP) is 1.67. The molecule has 1 heterocycles. The molecule has 2 fully saturated rings. The molecule has 3 heteroatoms. The summed E-state index contributed by atoms with van der Waals surface area (Å²) in [6.07, 6.45) is 3.44. The highest BCUT2D eigenvalue weighted by atomic mass is 16.5. The number of piperidine rings is 1. The summed E-state index contributed by atoms with van der Waals surface area (Å²) in [5, 5.41) is 0. The van der Waals surface area contributed by atoms with Crippen LogP contribution in [-0.2, 0) is 9.53 Å². The third-order valence-electron chi connectivity index (χ3n) is 4.06. The van der Waals surface area contributed by atoms with Crippen molar-refractivity contribution in [2.45, 2.75) is 33.1 Å². The highest BCUT2D eigenvalue weighted by molar-refractivity contribution is 5.77. The summed E-state index contributed by atoms with van der Waals surface area (Å²) in [6, 6.07) is 0. The van der Waals surface area contributed by atoms with Crippen LogP contribution in [0.5, 0.6) is 0 Å². The second-order valence-electron chi connectivity index (χ2n) is 4.81. The predicted molar refractivity (Wildman–Crippen MR) is 58.5 cm³/mol. The first-order valence-electron chi connectivity index (χ1n) is 6.11. The van der Waals surface area contributed by atoms with Crippen LogP contribution in [0.1, 0.15) is 33.1 Å². The Balaban J connectivity index is 1.84. The van der Waals surface area contributed by atoms with Gasteiger partial charge in [0.1, 0.15) is 0 Å². The molecule has 3 nitrogen and oxygen atoms in total. The fourth-order valence-corrected chi connectivity index (χ4v) is 2.79. The smallest absolute Gasteiger partial charge is 0.309 e. The van der Waals surface area contributed by atoms with Crippen LogP contribution in [0.15, 0.2) is 0 Å². The Bertz CT molecular complexity index is 244. The zero-order valence-electron chi connectivity index (χ0n) is 9.79. The largest absolute Gasteiger partial charge is 0.466 e. The number of hydrogen-bond donors (Lipinski definition) is 0. The molecule has 0 aromatic carbocycles. The first-order valence-corrected chi connectivity index (χ1v) is 6.11. The average molecular weight is 211 g/mol. The van der Waals surface area contributed by atoms with Crippen LogP contribution >= 0.6 is 0 Å². The molecule has 1 saturated heterocycles. The van der Waals surface area contributed by atoms with E-state index >= 15 is 0 Å². The first kappa shape index (κ1) is 10.9. The lowest BCUT2D eigenvalue weighted by molar-refractivity contribution is -0.145. The van der Waals surface area contributed by atoms with Crippen LogP contribution < -0.4 is 0 Å². The van der Waals surface area contributed by atoms with E-state index in [9.17, 15) is 4.79 Å². The van der Waals surface area contributed by atoms with Gasteiger partial charge in [-0.1, -0.05) is 6.92 Å². The van der Waals surface area contributed by atoms with Gasteiger partial charge in [0.05, 0.1) is 12.5 Å². The van der Waals surface area contributed by atoms with Crippen LogP contribution in [0.2, 0.25) is 0 Å². The van der Waals surface area contributed by atoms with Crippen LogP contribution in [0.4, 0.5) is 0 Å². The Kier molecular flexibility index (Phi) is 3.01. The quantitative estimate of drug-likeness (QED) is 0.665. The maximum atomic E-state index is 11.6. The summed E-state index contributed by atoms with van der Waals surface area (Å²) in [5.41, 5.74) is 0.331. The number of carbonyl (C=O) groups is 1. The van der Waals surface area contributed by atoms with Crippen molar-refractivity contribution in [2.24, 2.45) is 11.3 Å². The molecule has 0 amide bonds. The normalized spacial score (nSPS) is 29.1. The highest BCUT2D eigenvalue weighted by Gasteiger charge is 2.59. The molecule has 1 spiro atoms. The maximum absolute atomic E-state index is 11.6. The van der Waals surface area contributed by atoms with E-state index < -0.39 is 0 Å². The van der Waals surface area contributed by atoms with E-state index in [-0.39, 0.29) is 11.9 Å². The first-order chi connectivity index (χ1) is 7.22. The second-order valence-corrected chi connectivity index (χ2v) is 4.81. The Labute approximate surface area is 91.8 Å². The molecule has 1 aliphatic heterocycles. The molecule has 1 unspecified atom stereocenters. The van der Waals surface area contributed by atoms with Gasteiger partial charge in [-0.05, 0) is 51.2 Å². The van der Waals surface area contributed by atoms with Gasteiger partial charge in [-0.3, -0.25) is 4.79 Å². The van der Waals surface area contributed by atoms with Gasteiger partial charge in [-0.25, -0.2) is 0 Å². The molecule has 0 aromatic rings. The maximum Gasteiger partial charge on any atom is 0.309 e. The number of likely N-dealkylation sites (tertiary alicyclic amines) is 1. The van der Waals surface area contributed by atoms with Crippen LogP contribution in [0.25, 0.3) is 0 Å². The number of carbonyl (C=O) groups excluding carboxylic acids is 1. The van der Waals surface area contributed by atoms with Crippen LogP contribution in [0, 0.1) is 11.3 Å². The van der Waals surface area contributed by atoms with E-state index in [1.807, 2.05) is 6.92 Å². The zero-order chi connectivity index (χ0) is 10.9. The van der Waals surface area contributed by atoms with Crippen molar-refractivity contribution in [3.05, 3.63) is 0 Å². The van der Waals surface area contributed by atoms with E-state index in [2.05, 4.69) is 11.8 Å². The summed E-state index contributed by atoms with van der Waals surface area (Å²) in [6.45, 7) is 8.06. The Morgan fingerprint density at radius 2 is 2.07 bits per heavy atom. The SMILES string of the molecule is CCOC(=O)C1CC12CCN(CC)CC2. The van der Waals surface area contributed by atoms with Gasteiger partial charge >= 0.3 is 5.97 Å². The van der Waals surface area contributed by atoms with E-state index in [0.717, 1.165) is 26.1 Å². The minimum Gasteiger partial charge on any atom is -0.466 e. The summed E-state index contributed by atoms with van der Waals surface area (Å²) in [7, 11) is 0. The number of hydrogen-bond acceptors (Lipinski definition) is 3. The monoisotopic (exact) mass is 211 g/mol. The highest BCUT2D eigenvalue weighted by Crippen LogP contribution is 2.59. The summed E-state index contributed by atoms with van der Waals surface area (Å²) >= 11 is 0. The topological polar surface area (TPSA) is 29.5 Å². The number of esters is 1. The lowest BCUT2D eigenvalue weighted by Crippen LogP contribution is -2.35. The van der Waals surface area contributed by atoms with E-state index in [1.165, 1.54) is 12.8 Å². The standard InChI is InChI=1S/C12H21NO2/c1-3-13-7-5-12(6-8-13)9-10(12)11(14)15-4-2/h10H,3-9H2,1-2H3. The van der Waals surface area contributed by atoms with Crippen molar-refractivity contribution < 1.29 is 9.53 Å². The zero-order valence-corrected chi connectivity index (χ0v) is 9.79. The Hall–Kier alpha value is -0.570. The summed E-state index contributed by atoms with van der Waals surface area (Å²) < 4.78 is 5.09. The van der Waals surface area contributed by atoms with Crippen molar-refractivity contribution >= 4 is 5.97 Å². The van der Waals surface area contributed by atoms with Crippen molar-refractivity contribution in [2.75, 3.05) is 26.2 Å². The molecule has 1 atom stereocenters. The van der Waals surface area contributed by atoms with Crippen molar-refractivity contribution in [3.8, 4) is 0 Å². The molecule has 2 aliphatic rings. The minimum atomic E-state index is 0.0439. The number of rotatable bonds is 3. The lowest BCUT2D eigenvalue weighted by atomic mass is 9.91. The van der Waals surface area contributed by atoms with Crippen LogP contribution in [-0.4, -0.2) is 37.1 Å². The molecule has 0 bridgehead atoms. The minimum absolute atomic E-state index is 0.0439. The molecule has 15 heavy (non-hydrogen) atoms. The summed E-state index contributed by atoms with van der Waals surface area (Å²) in [5.74, 6) is 0.263. The fourth-order valence-electron chi connectivity index (χ4n) is 2.79. The van der Waals surface area contributed by atoms with Crippen LogP contribution in [0.3, 0.4) is 0 Å². The van der Waals surface area contributed by atoms with Gasteiger partial charge in [0.15, 0.2) is 0 Å². The average Bonchev–Trinajstić information content (AvgIpc) is 2.94. The van der Waals surface area contributed by atoms with E-state index in [0.29, 0.717) is 12.0 Å². The Morgan fingerprint density at radius 1 is 1.40 bits per heavy atom. The number of nitrogens with zero attached hydrogens (tertiary/aromatic N) is 1. The molecular weight excluding hydrogens is 190 g/mol. The van der Waals surface area contributed by atoms with Gasteiger partial charge in [-0.2, -0.15) is 0 Å². The van der Waals surface area contributed by atoms with E-state index in [1.54, 1.807) is 0 Å². The molecule has 0 N–H and O–H groups in total. The van der Waals surface area contributed by atoms with Gasteiger partial charge in [0, 0.05) is 0 Å². The van der Waals surface area contributed by atoms with Gasteiger partial charge in [-0.15, -0.1) is 0 Å². The molecule has 0 aromatic heterocycles. The second kappa shape index (κ2) is 4.12. The van der Waals surface area contributed by atoms with Gasteiger partial charge in [0.2, 0.25) is 0 Å². The molecule has 1 saturated carbocycles. The third kappa shape index (κ3) is 2.03. The lowest BCUT2D eigenvalue weighted by Gasteiger charge is -2.31. The fraction of sp³-hybridized carbons (Fsp3) is 0.917. The summed E-state index contributed by atoms with van der Waals surface area (Å²) in [4.78, 5) is 14.1. The van der Waals surface area contributed by atoms with Crippen molar-refractivity contribution in [3.63, 3.8) is 0 Å². The van der Waals surface area contributed by atoms with E-state index in [4.69, 9.17) is 4.74 Å². The number of ether oxygens (including phenoxy) is 1. The molecular formula is C12H21NO2. The molecule has 0 radical (unpaired) electrons. The van der Waals surface area contributed by atoms with Crippen molar-refractivity contribution in [1.82, 2.24) is 4.90 Å². The van der Waals surface area contributed by atoms with Crippen molar-refractivity contribution in [1.29, 1.82) is 0 Å². The third-order valence-corrected chi connectivity index (χ3v) is 4.06. The molecule has 86 valence electrons. The molecule has 2 rings (SSSR count).